The van der Waals surface area contributed by atoms with Crippen LogP contribution in [0.15, 0.2) is 0 Å². The Morgan fingerprint density at radius 3 is 2.68 bits per heavy atom. The van der Waals surface area contributed by atoms with Gasteiger partial charge < -0.3 is 10.1 Å². The van der Waals surface area contributed by atoms with Crippen LogP contribution in [0.5, 0.6) is 0 Å². The summed E-state index contributed by atoms with van der Waals surface area (Å²) in [6, 6.07) is -0.564. The first-order valence-corrected chi connectivity index (χ1v) is 7.62. The van der Waals surface area contributed by atoms with Gasteiger partial charge in [-0.1, -0.05) is 19.8 Å². The van der Waals surface area contributed by atoms with Gasteiger partial charge in [0, 0.05) is 0 Å². The number of carbonyl (C=O) groups excluding carboxylic acids is 4. The Morgan fingerprint density at radius 2 is 2.09 bits per heavy atom. The second-order valence-corrected chi connectivity index (χ2v) is 6.18. The monoisotopic (exact) mass is 310 g/mol. The molecule has 1 saturated heterocycles. The van der Waals surface area contributed by atoms with E-state index in [1.54, 1.807) is 0 Å². The fourth-order valence-corrected chi connectivity index (χ4v) is 3.09. The number of urea groups is 1. The summed E-state index contributed by atoms with van der Waals surface area (Å²) in [6.45, 7) is 4.24. The molecule has 0 aromatic heterocycles. The van der Waals surface area contributed by atoms with E-state index in [2.05, 4.69) is 5.32 Å². The van der Waals surface area contributed by atoms with Crippen LogP contribution in [0.1, 0.15) is 46.5 Å². The molecule has 0 aromatic carbocycles. The lowest BCUT2D eigenvalue weighted by Crippen LogP contribution is -2.54. The van der Waals surface area contributed by atoms with E-state index in [9.17, 15) is 19.2 Å². The van der Waals surface area contributed by atoms with Gasteiger partial charge in [0.2, 0.25) is 0 Å². The summed E-state index contributed by atoms with van der Waals surface area (Å²) in [5, 5.41) is 2.76. The van der Waals surface area contributed by atoms with Crippen LogP contribution in [-0.4, -0.2) is 46.8 Å². The van der Waals surface area contributed by atoms with Crippen molar-refractivity contribution in [2.24, 2.45) is 5.92 Å². The molecule has 122 valence electrons. The number of Topliss-reactive ketones (excluding diaryl/α,β-unsaturated/α-hetero) is 1. The van der Waals surface area contributed by atoms with Crippen molar-refractivity contribution in [3.63, 3.8) is 0 Å². The van der Waals surface area contributed by atoms with Crippen LogP contribution in [-0.2, 0) is 19.1 Å². The van der Waals surface area contributed by atoms with Crippen molar-refractivity contribution in [3.05, 3.63) is 0 Å². The molecule has 7 heteroatoms. The van der Waals surface area contributed by atoms with E-state index in [0.717, 1.165) is 24.2 Å². The van der Waals surface area contributed by atoms with Crippen LogP contribution in [0.2, 0.25) is 0 Å². The van der Waals surface area contributed by atoms with Gasteiger partial charge in [0.1, 0.15) is 12.1 Å². The van der Waals surface area contributed by atoms with Crippen molar-refractivity contribution in [1.82, 2.24) is 10.2 Å². The van der Waals surface area contributed by atoms with Gasteiger partial charge in [0.05, 0.1) is 0 Å². The number of nitrogens with zero attached hydrogens (tertiary/aromatic N) is 1. The minimum Gasteiger partial charge on any atom is -0.453 e. The Balaban J connectivity index is 2.06. The predicted molar refractivity (Wildman–Crippen MR) is 76.8 cm³/mol. The maximum Gasteiger partial charge on any atom is 0.326 e. The highest BCUT2D eigenvalue weighted by Gasteiger charge is 2.55. The summed E-state index contributed by atoms with van der Waals surface area (Å²) in [4.78, 5) is 48.5. The molecule has 3 amide bonds. The molecule has 0 aromatic rings. The van der Waals surface area contributed by atoms with E-state index in [-0.39, 0.29) is 17.6 Å². The first-order valence-electron chi connectivity index (χ1n) is 7.62. The third kappa shape index (κ3) is 2.84. The van der Waals surface area contributed by atoms with Gasteiger partial charge in [0.25, 0.3) is 5.91 Å². The van der Waals surface area contributed by atoms with Crippen molar-refractivity contribution in [1.29, 1.82) is 0 Å². The molecule has 1 heterocycles. The van der Waals surface area contributed by atoms with Crippen molar-refractivity contribution in [2.75, 3.05) is 6.54 Å². The minimum atomic E-state index is -0.887. The summed E-state index contributed by atoms with van der Waals surface area (Å²) in [5.41, 5.74) is -0.887. The highest BCUT2D eigenvalue weighted by Crippen LogP contribution is 2.38. The molecule has 1 saturated carbocycles. The lowest BCUT2D eigenvalue weighted by atomic mass is 9.73. The third-order valence-electron chi connectivity index (χ3n) is 4.67. The Morgan fingerprint density at radius 1 is 1.41 bits per heavy atom. The van der Waals surface area contributed by atoms with Crippen molar-refractivity contribution >= 4 is 23.7 Å². The molecule has 7 nitrogen and oxygen atoms in total. The second-order valence-electron chi connectivity index (χ2n) is 6.18. The van der Waals surface area contributed by atoms with E-state index in [4.69, 9.17) is 4.74 Å². The van der Waals surface area contributed by atoms with Crippen molar-refractivity contribution in [2.45, 2.75) is 58.1 Å². The molecule has 1 spiro atoms. The molecule has 0 radical (unpaired) electrons. The number of amides is 3. The number of nitrogens with one attached hydrogen (secondary N) is 1. The molecule has 1 aliphatic heterocycles. The number of hydrogen-bond acceptors (Lipinski definition) is 5. The van der Waals surface area contributed by atoms with E-state index < -0.39 is 30.2 Å². The highest BCUT2D eigenvalue weighted by molar-refractivity contribution is 6.09. The lowest BCUT2D eigenvalue weighted by molar-refractivity contribution is -0.155. The zero-order valence-electron chi connectivity index (χ0n) is 13.2. The van der Waals surface area contributed by atoms with Crippen molar-refractivity contribution in [3.8, 4) is 0 Å². The van der Waals surface area contributed by atoms with Crippen LogP contribution in [0.3, 0.4) is 0 Å². The van der Waals surface area contributed by atoms with Gasteiger partial charge >= 0.3 is 12.0 Å². The maximum absolute atomic E-state index is 12.6. The molecule has 22 heavy (non-hydrogen) atoms. The predicted octanol–water partition coefficient (Wildman–Crippen LogP) is 1.01. The van der Waals surface area contributed by atoms with Crippen LogP contribution < -0.4 is 5.32 Å². The molecule has 0 unspecified atom stereocenters. The summed E-state index contributed by atoms with van der Waals surface area (Å²) in [6.07, 6.45) is 2.48. The first kappa shape index (κ1) is 16.5. The fourth-order valence-electron chi connectivity index (χ4n) is 3.09. The zero-order chi connectivity index (χ0) is 16.5. The topological polar surface area (TPSA) is 92.8 Å². The van der Waals surface area contributed by atoms with Crippen molar-refractivity contribution < 1.29 is 23.9 Å². The Kier molecular flexibility index (Phi) is 4.53. The van der Waals surface area contributed by atoms with E-state index in [1.807, 2.05) is 6.92 Å². The minimum absolute atomic E-state index is 0.0369. The van der Waals surface area contributed by atoms with Gasteiger partial charge in [-0.05, 0) is 32.6 Å². The van der Waals surface area contributed by atoms with E-state index >= 15 is 0 Å². The zero-order valence-corrected chi connectivity index (χ0v) is 13.2. The molecule has 1 N–H and O–H groups in total. The lowest BCUT2D eigenvalue weighted by Gasteiger charge is -2.36. The highest BCUT2D eigenvalue weighted by atomic mass is 16.5. The van der Waals surface area contributed by atoms with Gasteiger partial charge in [-0.3, -0.25) is 19.3 Å². The number of esters is 1. The van der Waals surface area contributed by atoms with Crippen LogP contribution in [0.4, 0.5) is 4.79 Å². The Hall–Kier alpha value is -1.92. The van der Waals surface area contributed by atoms with E-state index in [1.165, 1.54) is 13.8 Å². The molecular weight excluding hydrogens is 288 g/mol. The second kappa shape index (κ2) is 6.06. The average Bonchev–Trinajstić information content (AvgIpc) is 2.67. The summed E-state index contributed by atoms with van der Waals surface area (Å²) in [7, 11) is 0. The first-order chi connectivity index (χ1) is 10.3. The number of carbonyl (C=O) groups is 4. The largest absolute Gasteiger partial charge is 0.453 e. The summed E-state index contributed by atoms with van der Waals surface area (Å²) < 4.78 is 4.91. The van der Waals surface area contributed by atoms with E-state index in [0.29, 0.717) is 6.42 Å². The van der Waals surface area contributed by atoms with Crippen LogP contribution in [0, 0.1) is 5.92 Å². The molecular formula is C15H22N2O5. The Labute approximate surface area is 129 Å². The Bertz CT molecular complexity index is 518. The smallest absolute Gasteiger partial charge is 0.326 e. The SMILES string of the molecule is CC(=O)[C@H](C)OC(=O)CN1C(=O)N[C@]2(CCCC[C@H]2C)C1=O. The molecule has 2 aliphatic rings. The standard InChI is InChI=1S/C15H22N2O5/c1-9-6-4-5-7-15(9)13(20)17(14(21)16-15)8-12(19)22-11(3)10(2)18/h9,11H,4-8H2,1-3H3,(H,16,21)/t9-,11+,15+/m1/s1. The van der Waals surface area contributed by atoms with Crippen LogP contribution in [0.25, 0.3) is 0 Å². The van der Waals surface area contributed by atoms with Crippen LogP contribution >= 0.6 is 0 Å². The fraction of sp³-hybridized carbons (Fsp3) is 0.733. The molecule has 0 bridgehead atoms. The molecule has 2 fully saturated rings. The number of ketones is 1. The van der Waals surface area contributed by atoms with Gasteiger partial charge in [-0.15, -0.1) is 0 Å². The number of hydrogen-bond donors (Lipinski definition) is 1. The molecule has 3 atom stereocenters. The number of rotatable bonds is 4. The van der Waals surface area contributed by atoms with Gasteiger partial charge in [-0.2, -0.15) is 0 Å². The molecule has 2 rings (SSSR count). The quantitative estimate of drug-likeness (QED) is 0.618. The average molecular weight is 310 g/mol. The number of ether oxygens (including phenoxy) is 1. The summed E-state index contributed by atoms with van der Waals surface area (Å²) in [5.74, 6) is -1.37. The van der Waals surface area contributed by atoms with Gasteiger partial charge in [-0.25, -0.2) is 4.79 Å². The third-order valence-corrected chi connectivity index (χ3v) is 4.67. The number of imide groups is 1. The normalized spacial score (nSPS) is 29.4. The van der Waals surface area contributed by atoms with Gasteiger partial charge in [0.15, 0.2) is 11.9 Å². The summed E-state index contributed by atoms with van der Waals surface area (Å²) >= 11 is 0. The molecule has 1 aliphatic carbocycles. The maximum atomic E-state index is 12.6.